The zero-order valence-electron chi connectivity index (χ0n) is 31.2. The maximum absolute atomic E-state index is 6.43. The molecule has 0 radical (unpaired) electrons. The Morgan fingerprint density at radius 3 is 1.34 bits per heavy atom. The Morgan fingerprint density at radius 2 is 0.759 bits per heavy atom. The minimum Gasteiger partial charge on any atom is -0.455 e. The van der Waals surface area contributed by atoms with Gasteiger partial charge in [0.2, 0.25) is 0 Å². The number of thiophene rings is 1. The van der Waals surface area contributed by atoms with Crippen molar-refractivity contribution in [3.05, 3.63) is 200 Å². The fraction of sp³-hybridized carbons (Fsp3) is 0. The predicted octanol–water partition coefficient (Wildman–Crippen LogP) is 16.3. The quantitative estimate of drug-likeness (QED) is 0.169. The third-order valence-electron chi connectivity index (χ3n) is 11.5. The number of furan rings is 2. The van der Waals surface area contributed by atoms with Crippen LogP contribution in [0.3, 0.4) is 0 Å². The van der Waals surface area contributed by atoms with E-state index in [-0.39, 0.29) is 0 Å². The second kappa shape index (κ2) is 13.1. The van der Waals surface area contributed by atoms with Crippen LogP contribution in [0.15, 0.2) is 209 Å². The van der Waals surface area contributed by atoms with E-state index in [4.69, 9.17) is 8.83 Å². The minimum absolute atomic E-state index is 0.906. The molecule has 0 saturated heterocycles. The number of hydrogen-bond acceptors (Lipinski definition) is 4. The largest absolute Gasteiger partial charge is 0.455 e. The summed E-state index contributed by atoms with van der Waals surface area (Å²) in [5, 5.41) is 7.09. The normalized spacial score (nSPS) is 11.8. The Labute approximate surface area is 338 Å². The highest BCUT2D eigenvalue weighted by molar-refractivity contribution is 7.26. The number of fused-ring (bicyclic) bond motifs is 9. The van der Waals surface area contributed by atoms with Gasteiger partial charge in [-0.05, 0) is 76.9 Å². The van der Waals surface area contributed by atoms with E-state index in [0.717, 1.165) is 94.3 Å². The van der Waals surface area contributed by atoms with Gasteiger partial charge < -0.3 is 13.7 Å². The lowest BCUT2D eigenvalue weighted by Gasteiger charge is -2.27. The molecule has 0 bridgehead atoms. The molecule has 0 unspecified atom stereocenters. The van der Waals surface area contributed by atoms with Crippen molar-refractivity contribution in [3.63, 3.8) is 0 Å². The summed E-state index contributed by atoms with van der Waals surface area (Å²) in [4.78, 5) is 2.40. The van der Waals surface area contributed by atoms with Gasteiger partial charge in [-0.3, -0.25) is 0 Å². The number of nitrogens with zero attached hydrogens (tertiary/aromatic N) is 1. The van der Waals surface area contributed by atoms with Crippen LogP contribution in [0.1, 0.15) is 0 Å². The van der Waals surface area contributed by atoms with Crippen LogP contribution >= 0.6 is 11.3 Å². The molecule has 12 rings (SSSR count). The van der Waals surface area contributed by atoms with Crippen LogP contribution in [0.25, 0.3) is 97.4 Å². The van der Waals surface area contributed by atoms with Crippen LogP contribution in [0.4, 0.5) is 17.1 Å². The molecule has 0 spiro atoms. The number of benzene rings is 9. The second-order valence-corrected chi connectivity index (χ2v) is 15.9. The molecule has 0 aliphatic carbocycles. The van der Waals surface area contributed by atoms with Crippen LogP contribution in [0, 0.1) is 0 Å². The van der Waals surface area contributed by atoms with Gasteiger partial charge in [0.05, 0.1) is 5.69 Å². The molecule has 0 aliphatic rings. The monoisotopic (exact) mass is 759 g/mol. The summed E-state index contributed by atoms with van der Waals surface area (Å²) in [5.74, 6) is 0. The topological polar surface area (TPSA) is 29.5 Å². The molecule has 4 heteroatoms. The smallest absolute Gasteiger partial charge is 0.143 e. The van der Waals surface area contributed by atoms with E-state index in [1.54, 1.807) is 0 Å². The molecule has 58 heavy (non-hydrogen) atoms. The highest BCUT2D eigenvalue weighted by Crippen LogP contribution is 2.46. The minimum atomic E-state index is 0.906. The molecular weight excluding hydrogens is 727 g/mol. The van der Waals surface area contributed by atoms with Gasteiger partial charge in [-0.15, -0.1) is 11.3 Å². The Bertz CT molecular complexity index is 3500. The molecular formula is C54H33NO2S. The Kier molecular flexibility index (Phi) is 7.40. The average molecular weight is 760 g/mol. The highest BCUT2D eigenvalue weighted by atomic mass is 32.1. The summed E-state index contributed by atoms with van der Waals surface area (Å²) in [6.07, 6.45) is 0. The van der Waals surface area contributed by atoms with Crippen LogP contribution < -0.4 is 4.90 Å². The first-order valence-electron chi connectivity index (χ1n) is 19.6. The first kappa shape index (κ1) is 32.8. The number of anilines is 3. The molecule has 0 aliphatic heterocycles. The first-order valence-corrected chi connectivity index (χ1v) is 20.4. The second-order valence-electron chi connectivity index (χ2n) is 14.8. The van der Waals surface area contributed by atoms with Crippen molar-refractivity contribution >= 4 is 92.4 Å². The Hall–Kier alpha value is -7.40. The Balaban J connectivity index is 0.937. The zero-order chi connectivity index (χ0) is 38.2. The standard InChI is InChI=1S/C54H33NO2S/c1-4-18-48-42(10-1)44-15-7-13-40(53(44)56-48)36-24-22-34(23-25-36)35-26-30-38(31-27-35)55(47-17-9-21-51-52(47)46-12-3-6-20-50(46)58-51)39-32-28-37(29-33-39)41-14-8-16-45-43-11-2-5-19-49(43)57-54(41)45/h1-33H. The maximum atomic E-state index is 6.43. The molecule has 0 saturated carbocycles. The van der Waals surface area contributed by atoms with Gasteiger partial charge in [0.1, 0.15) is 22.3 Å². The van der Waals surface area contributed by atoms with E-state index in [9.17, 15) is 0 Å². The lowest BCUT2D eigenvalue weighted by atomic mass is 9.98. The molecule has 3 nitrogen and oxygen atoms in total. The van der Waals surface area contributed by atoms with Gasteiger partial charge in [0.15, 0.2) is 0 Å². The molecule has 0 fully saturated rings. The van der Waals surface area contributed by atoms with Crippen molar-refractivity contribution in [1.29, 1.82) is 0 Å². The van der Waals surface area contributed by atoms with Crippen molar-refractivity contribution in [2.75, 3.05) is 4.90 Å². The van der Waals surface area contributed by atoms with Crippen molar-refractivity contribution in [2.45, 2.75) is 0 Å². The van der Waals surface area contributed by atoms with Gasteiger partial charge in [-0.1, -0.05) is 146 Å². The highest BCUT2D eigenvalue weighted by Gasteiger charge is 2.20. The summed E-state index contributed by atoms with van der Waals surface area (Å²) >= 11 is 1.84. The van der Waals surface area contributed by atoms with E-state index in [2.05, 4.69) is 181 Å². The summed E-state index contributed by atoms with van der Waals surface area (Å²) in [6.45, 7) is 0. The van der Waals surface area contributed by atoms with Gasteiger partial charge in [-0.25, -0.2) is 0 Å². The van der Waals surface area contributed by atoms with Gasteiger partial charge in [0.25, 0.3) is 0 Å². The zero-order valence-corrected chi connectivity index (χ0v) is 32.0. The van der Waals surface area contributed by atoms with E-state index in [0.29, 0.717) is 0 Å². The SMILES string of the molecule is c1ccc2c(c1)oc1c(-c3ccc(-c4ccc(N(c5ccc(-c6cccc7c6oc6ccccc67)cc5)c5cccc6sc7ccccc7c56)cc4)cc3)cccc12. The maximum Gasteiger partial charge on any atom is 0.143 e. The average Bonchev–Trinajstić information content (AvgIpc) is 3.99. The number of para-hydroxylation sites is 4. The summed E-state index contributed by atoms with van der Waals surface area (Å²) in [7, 11) is 0. The summed E-state index contributed by atoms with van der Waals surface area (Å²) < 4.78 is 15.3. The lowest BCUT2D eigenvalue weighted by Crippen LogP contribution is -2.10. The van der Waals surface area contributed by atoms with Crippen LogP contribution in [0.2, 0.25) is 0 Å². The summed E-state index contributed by atoms with van der Waals surface area (Å²) in [5.41, 5.74) is 13.7. The van der Waals surface area contributed by atoms with Crippen LogP contribution in [0.5, 0.6) is 0 Å². The van der Waals surface area contributed by atoms with E-state index >= 15 is 0 Å². The molecule has 12 aromatic rings. The van der Waals surface area contributed by atoms with Crippen LogP contribution in [-0.4, -0.2) is 0 Å². The molecule has 3 aromatic heterocycles. The first-order chi connectivity index (χ1) is 28.7. The third-order valence-corrected chi connectivity index (χ3v) is 12.7. The lowest BCUT2D eigenvalue weighted by molar-refractivity contribution is 0.669. The predicted molar refractivity (Wildman–Crippen MR) is 245 cm³/mol. The van der Waals surface area contributed by atoms with E-state index in [1.807, 2.05) is 35.6 Å². The van der Waals surface area contributed by atoms with Crippen molar-refractivity contribution in [2.24, 2.45) is 0 Å². The van der Waals surface area contributed by atoms with Gasteiger partial charge >= 0.3 is 0 Å². The van der Waals surface area contributed by atoms with Crippen molar-refractivity contribution in [3.8, 4) is 33.4 Å². The van der Waals surface area contributed by atoms with Crippen LogP contribution in [-0.2, 0) is 0 Å². The molecule has 3 heterocycles. The third kappa shape index (κ3) is 5.19. The molecule has 0 atom stereocenters. The molecule has 0 N–H and O–H groups in total. The van der Waals surface area contributed by atoms with Gasteiger partial charge in [0, 0.05) is 64.2 Å². The fourth-order valence-corrected chi connectivity index (χ4v) is 9.88. The van der Waals surface area contributed by atoms with Gasteiger partial charge in [-0.2, -0.15) is 0 Å². The van der Waals surface area contributed by atoms with Crippen molar-refractivity contribution in [1.82, 2.24) is 0 Å². The van der Waals surface area contributed by atoms with E-state index in [1.165, 1.54) is 20.2 Å². The van der Waals surface area contributed by atoms with Crippen molar-refractivity contribution < 1.29 is 8.83 Å². The van der Waals surface area contributed by atoms with E-state index < -0.39 is 0 Å². The Morgan fingerprint density at radius 1 is 0.328 bits per heavy atom. The molecule has 0 amide bonds. The molecule has 9 aromatic carbocycles. The number of hydrogen-bond donors (Lipinski definition) is 0. The fourth-order valence-electron chi connectivity index (χ4n) is 8.75. The molecule has 272 valence electrons. The number of rotatable bonds is 6. The summed E-state index contributed by atoms with van der Waals surface area (Å²) in [6, 6.07) is 71.4.